The first-order valence-electron chi connectivity index (χ1n) is 5.67. The molecule has 2 fully saturated rings. The van der Waals surface area contributed by atoms with Crippen LogP contribution in [0.2, 0.25) is 0 Å². The van der Waals surface area contributed by atoms with Gasteiger partial charge in [-0.2, -0.15) is 0 Å². The van der Waals surface area contributed by atoms with Crippen LogP contribution in [0.25, 0.3) is 0 Å². The fourth-order valence-corrected chi connectivity index (χ4v) is 2.71. The first-order valence-corrected chi connectivity index (χ1v) is 5.67. The van der Waals surface area contributed by atoms with E-state index in [-0.39, 0.29) is 17.8 Å². The Labute approximate surface area is 89.6 Å². The van der Waals surface area contributed by atoms with Gasteiger partial charge in [0.25, 0.3) is 0 Å². The Hall–Kier alpha value is -1.06. The number of esters is 1. The summed E-state index contributed by atoms with van der Waals surface area (Å²) in [5, 5.41) is 0. The van der Waals surface area contributed by atoms with Crippen LogP contribution in [0.15, 0.2) is 0 Å². The van der Waals surface area contributed by atoms with Crippen molar-refractivity contribution in [3.05, 3.63) is 0 Å². The van der Waals surface area contributed by atoms with Crippen LogP contribution in [-0.4, -0.2) is 36.0 Å². The molecule has 0 aromatic carbocycles. The van der Waals surface area contributed by atoms with Gasteiger partial charge in [-0.05, 0) is 25.7 Å². The molecular formula is C11H17NO3. The van der Waals surface area contributed by atoms with Crippen LogP contribution in [-0.2, 0) is 14.3 Å². The summed E-state index contributed by atoms with van der Waals surface area (Å²) in [6.45, 7) is 3.11. The highest BCUT2D eigenvalue weighted by Gasteiger charge is 2.42. The van der Waals surface area contributed by atoms with Gasteiger partial charge in [0.1, 0.15) is 0 Å². The summed E-state index contributed by atoms with van der Waals surface area (Å²) < 4.78 is 4.92. The molecule has 2 aliphatic heterocycles. The summed E-state index contributed by atoms with van der Waals surface area (Å²) in [5.41, 5.74) is 0. The Morgan fingerprint density at radius 2 is 2.40 bits per heavy atom. The van der Waals surface area contributed by atoms with E-state index in [4.69, 9.17) is 4.74 Å². The second-order valence-electron chi connectivity index (χ2n) is 4.27. The van der Waals surface area contributed by atoms with E-state index < -0.39 is 0 Å². The Morgan fingerprint density at radius 1 is 1.60 bits per heavy atom. The SMILES string of the molecule is CCOC(=O)C[C@@H]1CC(=O)N2CCC[C@@H]12. The first kappa shape index (κ1) is 10.5. The van der Waals surface area contributed by atoms with Crippen molar-refractivity contribution in [1.82, 2.24) is 4.90 Å². The molecule has 0 spiro atoms. The molecule has 2 aliphatic rings. The zero-order chi connectivity index (χ0) is 10.8. The van der Waals surface area contributed by atoms with Crippen molar-refractivity contribution in [3.8, 4) is 0 Å². The van der Waals surface area contributed by atoms with Crippen LogP contribution < -0.4 is 0 Å². The van der Waals surface area contributed by atoms with Crippen LogP contribution in [0.3, 0.4) is 0 Å². The maximum atomic E-state index is 11.6. The maximum Gasteiger partial charge on any atom is 0.306 e. The average Bonchev–Trinajstić information content (AvgIpc) is 2.73. The van der Waals surface area contributed by atoms with Crippen molar-refractivity contribution in [2.24, 2.45) is 5.92 Å². The monoisotopic (exact) mass is 211 g/mol. The summed E-state index contributed by atoms with van der Waals surface area (Å²) in [6.07, 6.45) is 3.07. The molecule has 2 atom stereocenters. The highest BCUT2D eigenvalue weighted by Crippen LogP contribution is 2.35. The summed E-state index contributed by atoms with van der Waals surface area (Å²) >= 11 is 0. The summed E-state index contributed by atoms with van der Waals surface area (Å²) in [4.78, 5) is 24.9. The number of fused-ring (bicyclic) bond motifs is 1. The first-order chi connectivity index (χ1) is 7.22. The molecule has 0 bridgehead atoms. The van der Waals surface area contributed by atoms with Crippen molar-refractivity contribution in [1.29, 1.82) is 0 Å². The summed E-state index contributed by atoms with van der Waals surface area (Å²) in [5.74, 6) is 0.245. The van der Waals surface area contributed by atoms with Crippen molar-refractivity contribution >= 4 is 11.9 Å². The van der Waals surface area contributed by atoms with Crippen molar-refractivity contribution in [2.75, 3.05) is 13.2 Å². The zero-order valence-corrected chi connectivity index (χ0v) is 9.07. The number of hydrogen-bond donors (Lipinski definition) is 0. The molecule has 15 heavy (non-hydrogen) atoms. The summed E-state index contributed by atoms with van der Waals surface area (Å²) in [7, 11) is 0. The van der Waals surface area contributed by atoms with Gasteiger partial charge >= 0.3 is 5.97 Å². The van der Waals surface area contributed by atoms with E-state index in [0.717, 1.165) is 19.4 Å². The van der Waals surface area contributed by atoms with Gasteiger partial charge in [-0.3, -0.25) is 9.59 Å². The summed E-state index contributed by atoms with van der Waals surface area (Å²) in [6, 6.07) is 0.307. The van der Waals surface area contributed by atoms with Gasteiger partial charge in [-0.1, -0.05) is 0 Å². The van der Waals surface area contributed by atoms with Gasteiger partial charge in [0, 0.05) is 19.0 Å². The minimum Gasteiger partial charge on any atom is -0.466 e. The van der Waals surface area contributed by atoms with E-state index in [2.05, 4.69) is 0 Å². The van der Waals surface area contributed by atoms with Crippen molar-refractivity contribution < 1.29 is 14.3 Å². The highest BCUT2D eigenvalue weighted by atomic mass is 16.5. The van der Waals surface area contributed by atoms with Gasteiger partial charge in [-0.25, -0.2) is 0 Å². The van der Waals surface area contributed by atoms with Gasteiger partial charge < -0.3 is 9.64 Å². The zero-order valence-electron chi connectivity index (χ0n) is 9.07. The Balaban J connectivity index is 1.93. The van der Waals surface area contributed by atoms with Crippen LogP contribution in [0.1, 0.15) is 32.6 Å². The van der Waals surface area contributed by atoms with Crippen LogP contribution in [0.4, 0.5) is 0 Å². The molecule has 4 nitrogen and oxygen atoms in total. The molecule has 84 valence electrons. The quantitative estimate of drug-likeness (QED) is 0.653. The number of carbonyl (C=O) groups excluding carboxylic acids is 2. The molecule has 1 amide bonds. The number of carbonyl (C=O) groups is 2. The minimum atomic E-state index is -0.163. The third kappa shape index (κ3) is 1.98. The lowest BCUT2D eigenvalue weighted by Gasteiger charge is -2.19. The number of ether oxygens (including phenoxy) is 1. The lowest BCUT2D eigenvalue weighted by molar-refractivity contribution is -0.144. The number of nitrogens with zero attached hydrogens (tertiary/aromatic N) is 1. The van der Waals surface area contributed by atoms with E-state index >= 15 is 0 Å². The van der Waals surface area contributed by atoms with Crippen molar-refractivity contribution in [3.63, 3.8) is 0 Å². The van der Waals surface area contributed by atoms with Crippen LogP contribution in [0.5, 0.6) is 0 Å². The molecule has 0 aliphatic carbocycles. The molecule has 0 saturated carbocycles. The maximum absolute atomic E-state index is 11.6. The minimum absolute atomic E-state index is 0.163. The molecule has 4 heteroatoms. The molecule has 0 radical (unpaired) electrons. The lowest BCUT2D eigenvalue weighted by atomic mass is 9.95. The number of amides is 1. The van der Waals surface area contributed by atoms with Crippen LogP contribution >= 0.6 is 0 Å². The van der Waals surface area contributed by atoms with Gasteiger partial charge in [0.05, 0.1) is 13.0 Å². The Bertz CT molecular complexity index is 277. The predicted octanol–water partition coefficient (Wildman–Crippen LogP) is 0.951. The van der Waals surface area contributed by atoms with E-state index in [1.165, 1.54) is 0 Å². The number of rotatable bonds is 3. The normalized spacial score (nSPS) is 29.4. The highest BCUT2D eigenvalue weighted by molar-refractivity contribution is 5.81. The average molecular weight is 211 g/mol. The largest absolute Gasteiger partial charge is 0.466 e. The fourth-order valence-electron chi connectivity index (χ4n) is 2.71. The van der Waals surface area contributed by atoms with E-state index in [1.807, 2.05) is 4.90 Å². The second kappa shape index (κ2) is 4.21. The second-order valence-corrected chi connectivity index (χ2v) is 4.27. The number of hydrogen-bond acceptors (Lipinski definition) is 3. The molecule has 0 unspecified atom stereocenters. The van der Waals surface area contributed by atoms with E-state index in [9.17, 15) is 9.59 Å². The predicted molar refractivity (Wildman–Crippen MR) is 54.1 cm³/mol. The van der Waals surface area contributed by atoms with Crippen molar-refractivity contribution in [2.45, 2.75) is 38.6 Å². The van der Waals surface area contributed by atoms with E-state index in [0.29, 0.717) is 25.5 Å². The topological polar surface area (TPSA) is 46.6 Å². The van der Waals surface area contributed by atoms with Gasteiger partial charge in [0.2, 0.25) is 5.91 Å². The molecule has 2 rings (SSSR count). The molecule has 0 aromatic rings. The van der Waals surface area contributed by atoms with Gasteiger partial charge in [-0.15, -0.1) is 0 Å². The fraction of sp³-hybridized carbons (Fsp3) is 0.818. The van der Waals surface area contributed by atoms with Crippen LogP contribution in [0, 0.1) is 5.92 Å². The molecule has 0 aromatic heterocycles. The molecular weight excluding hydrogens is 194 g/mol. The smallest absolute Gasteiger partial charge is 0.306 e. The van der Waals surface area contributed by atoms with Gasteiger partial charge in [0.15, 0.2) is 0 Å². The third-order valence-corrected chi connectivity index (χ3v) is 3.33. The standard InChI is InChI=1S/C11H17NO3/c1-2-15-11(14)7-8-6-10(13)12-5-3-4-9(8)12/h8-9H,2-7H2,1H3/t8-,9-/m0/s1. The molecule has 2 heterocycles. The lowest BCUT2D eigenvalue weighted by Crippen LogP contribution is -2.29. The third-order valence-electron chi connectivity index (χ3n) is 3.33. The Morgan fingerprint density at radius 3 is 3.13 bits per heavy atom. The molecule has 0 N–H and O–H groups in total. The Kier molecular flexibility index (Phi) is 2.93. The molecule has 2 saturated heterocycles. The van der Waals surface area contributed by atoms with E-state index in [1.54, 1.807) is 6.92 Å².